The maximum atomic E-state index is 12.8. The average Bonchev–Trinajstić information content (AvgIpc) is 2.54. The third kappa shape index (κ3) is 4.85. The van der Waals surface area contributed by atoms with Crippen molar-refractivity contribution in [2.75, 3.05) is 4.72 Å². The highest BCUT2D eigenvalue weighted by atomic mass is 32.2. The van der Waals surface area contributed by atoms with E-state index in [-0.39, 0.29) is 22.8 Å². The molecule has 26 heavy (non-hydrogen) atoms. The van der Waals surface area contributed by atoms with Crippen molar-refractivity contribution in [1.82, 2.24) is 5.32 Å². The molecule has 2 rings (SSSR count). The van der Waals surface area contributed by atoms with E-state index in [4.69, 9.17) is 0 Å². The normalized spacial score (nSPS) is 12.7. The Bertz CT molecular complexity index is 905. The van der Waals surface area contributed by atoms with Gasteiger partial charge in [-0.15, -0.1) is 0 Å². The first kappa shape index (κ1) is 20.0. The van der Waals surface area contributed by atoms with E-state index in [1.54, 1.807) is 37.3 Å². The Balaban J connectivity index is 2.32. The standard InChI is InChI=1S/C20H26N2O3S/c1-13(2)16(5)21-20(23)17-10-9-15(4)19(12-17)26(24,25)22-18-8-6-7-14(3)11-18/h6-13,16,22H,1-5H3,(H,21,23)/t16-/m1/s1. The summed E-state index contributed by atoms with van der Waals surface area (Å²) < 4.78 is 28.2. The minimum Gasteiger partial charge on any atom is -0.349 e. The smallest absolute Gasteiger partial charge is 0.262 e. The van der Waals surface area contributed by atoms with Crippen molar-refractivity contribution in [1.29, 1.82) is 0 Å². The fourth-order valence-corrected chi connectivity index (χ4v) is 3.73. The first-order valence-corrected chi connectivity index (χ1v) is 10.1. The van der Waals surface area contributed by atoms with Crippen LogP contribution < -0.4 is 10.0 Å². The fourth-order valence-electron chi connectivity index (χ4n) is 2.41. The Morgan fingerprint density at radius 2 is 1.69 bits per heavy atom. The van der Waals surface area contributed by atoms with E-state index in [0.29, 0.717) is 16.8 Å². The molecule has 0 unspecified atom stereocenters. The number of benzene rings is 2. The van der Waals surface area contributed by atoms with Crippen LogP contribution in [0.3, 0.4) is 0 Å². The van der Waals surface area contributed by atoms with Gasteiger partial charge >= 0.3 is 0 Å². The van der Waals surface area contributed by atoms with Crippen LogP contribution in [0.25, 0.3) is 0 Å². The molecule has 0 aromatic heterocycles. The molecule has 0 aliphatic carbocycles. The molecule has 5 nitrogen and oxygen atoms in total. The lowest BCUT2D eigenvalue weighted by atomic mass is 10.1. The van der Waals surface area contributed by atoms with Crippen LogP contribution >= 0.6 is 0 Å². The predicted molar refractivity (Wildman–Crippen MR) is 105 cm³/mol. The second-order valence-electron chi connectivity index (χ2n) is 6.96. The average molecular weight is 375 g/mol. The van der Waals surface area contributed by atoms with Gasteiger partial charge in [-0.25, -0.2) is 8.42 Å². The molecule has 1 atom stereocenters. The predicted octanol–water partition coefficient (Wildman–Crippen LogP) is 3.88. The van der Waals surface area contributed by atoms with E-state index in [1.165, 1.54) is 6.07 Å². The van der Waals surface area contributed by atoms with Crippen LogP contribution in [-0.2, 0) is 10.0 Å². The van der Waals surface area contributed by atoms with Crippen molar-refractivity contribution in [3.05, 3.63) is 59.2 Å². The van der Waals surface area contributed by atoms with Crippen LogP contribution in [0.1, 0.15) is 42.3 Å². The van der Waals surface area contributed by atoms with E-state index in [9.17, 15) is 13.2 Å². The number of sulfonamides is 1. The van der Waals surface area contributed by atoms with Gasteiger partial charge in [0.1, 0.15) is 0 Å². The second kappa shape index (κ2) is 7.91. The Morgan fingerprint density at radius 1 is 1.00 bits per heavy atom. The summed E-state index contributed by atoms with van der Waals surface area (Å²) in [6.07, 6.45) is 0. The Labute approximate surface area is 155 Å². The molecular weight excluding hydrogens is 348 g/mol. The first-order chi connectivity index (χ1) is 12.1. The number of aryl methyl sites for hydroxylation is 2. The van der Waals surface area contributed by atoms with Gasteiger partial charge in [-0.2, -0.15) is 0 Å². The van der Waals surface area contributed by atoms with E-state index in [1.807, 2.05) is 33.8 Å². The zero-order valence-electron chi connectivity index (χ0n) is 15.8. The molecular formula is C20H26N2O3S. The number of carbonyl (C=O) groups excluding carboxylic acids is 1. The summed E-state index contributed by atoms with van der Waals surface area (Å²) >= 11 is 0. The maximum absolute atomic E-state index is 12.8. The summed E-state index contributed by atoms with van der Waals surface area (Å²) in [6, 6.07) is 11.9. The van der Waals surface area contributed by atoms with E-state index < -0.39 is 10.0 Å². The molecule has 0 aliphatic heterocycles. The van der Waals surface area contributed by atoms with Gasteiger partial charge < -0.3 is 5.32 Å². The molecule has 0 saturated carbocycles. The maximum Gasteiger partial charge on any atom is 0.262 e. The van der Waals surface area contributed by atoms with Crippen LogP contribution in [0.2, 0.25) is 0 Å². The molecule has 6 heteroatoms. The van der Waals surface area contributed by atoms with Crippen LogP contribution in [-0.4, -0.2) is 20.4 Å². The summed E-state index contributed by atoms with van der Waals surface area (Å²) in [4.78, 5) is 12.5. The monoisotopic (exact) mass is 374 g/mol. The SMILES string of the molecule is Cc1cccc(NS(=O)(=O)c2cc(C(=O)N[C@H](C)C(C)C)ccc2C)c1. The number of nitrogens with one attached hydrogen (secondary N) is 2. The molecule has 0 bridgehead atoms. The van der Waals surface area contributed by atoms with Gasteiger partial charge in [-0.3, -0.25) is 9.52 Å². The van der Waals surface area contributed by atoms with Crippen molar-refractivity contribution < 1.29 is 13.2 Å². The minimum absolute atomic E-state index is 0.00530. The van der Waals surface area contributed by atoms with Crippen molar-refractivity contribution in [3.8, 4) is 0 Å². The van der Waals surface area contributed by atoms with Crippen LogP contribution in [0.5, 0.6) is 0 Å². The molecule has 1 amide bonds. The second-order valence-corrected chi connectivity index (χ2v) is 8.61. The Morgan fingerprint density at radius 3 is 2.31 bits per heavy atom. The number of carbonyl (C=O) groups is 1. The number of hydrogen-bond donors (Lipinski definition) is 2. The Hall–Kier alpha value is -2.34. The number of rotatable bonds is 6. The third-order valence-corrected chi connectivity index (χ3v) is 5.89. The summed E-state index contributed by atoms with van der Waals surface area (Å²) in [5.74, 6) is 0.00814. The van der Waals surface area contributed by atoms with Crippen molar-refractivity contribution in [3.63, 3.8) is 0 Å². The molecule has 140 valence electrons. The third-order valence-electron chi connectivity index (χ3n) is 4.37. The number of anilines is 1. The van der Waals surface area contributed by atoms with Crippen LogP contribution in [0.4, 0.5) is 5.69 Å². The highest BCUT2D eigenvalue weighted by Gasteiger charge is 2.20. The lowest BCUT2D eigenvalue weighted by Gasteiger charge is -2.18. The van der Waals surface area contributed by atoms with Crippen molar-refractivity contribution in [2.24, 2.45) is 5.92 Å². The summed E-state index contributed by atoms with van der Waals surface area (Å²) in [5, 5.41) is 2.90. The lowest BCUT2D eigenvalue weighted by molar-refractivity contribution is 0.0930. The summed E-state index contributed by atoms with van der Waals surface area (Å²) in [7, 11) is -3.79. The molecule has 0 fully saturated rings. The fraction of sp³-hybridized carbons (Fsp3) is 0.350. The largest absolute Gasteiger partial charge is 0.349 e. The van der Waals surface area contributed by atoms with E-state index >= 15 is 0 Å². The van der Waals surface area contributed by atoms with E-state index in [0.717, 1.165) is 5.56 Å². The van der Waals surface area contributed by atoms with Gasteiger partial charge in [0.05, 0.1) is 4.90 Å². The molecule has 0 radical (unpaired) electrons. The van der Waals surface area contributed by atoms with Crippen LogP contribution in [0.15, 0.2) is 47.4 Å². The molecule has 0 aliphatic rings. The van der Waals surface area contributed by atoms with Gasteiger partial charge in [0.2, 0.25) is 0 Å². The highest BCUT2D eigenvalue weighted by Crippen LogP contribution is 2.21. The quantitative estimate of drug-likeness (QED) is 0.806. The van der Waals surface area contributed by atoms with Crippen LogP contribution in [0, 0.1) is 19.8 Å². The number of amides is 1. The lowest BCUT2D eigenvalue weighted by Crippen LogP contribution is -2.36. The summed E-state index contributed by atoms with van der Waals surface area (Å²) in [5.41, 5.74) is 2.36. The Kier molecular flexibility index (Phi) is 6.08. The van der Waals surface area contributed by atoms with E-state index in [2.05, 4.69) is 10.0 Å². The van der Waals surface area contributed by atoms with Gasteiger partial charge in [-0.05, 0) is 62.1 Å². The molecule has 0 spiro atoms. The van der Waals surface area contributed by atoms with Gasteiger partial charge in [-0.1, -0.05) is 32.0 Å². The topological polar surface area (TPSA) is 75.3 Å². The summed E-state index contributed by atoms with van der Waals surface area (Å²) in [6.45, 7) is 9.56. The molecule has 0 heterocycles. The number of hydrogen-bond acceptors (Lipinski definition) is 3. The van der Waals surface area contributed by atoms with Gasteiger partial charge in [0.25, 0.3) is 15.9 Å². The van der Waals surface area contributed by atoms with Crippen molar-refractivity contribution in [2.45, 2.75) is 45.6 Å². The first-order valence-electron chi connectivity index (χ1n) is 8.61. The zero-order valence-corrected chi connectivity index (χ0v) is 16.6. The van der Waals surface area contributed by atoms with Gasteiger partial charge in [0, 0.05) is 17.3 Å². The van der Waals surface area contributed by atoms with Gasteiger partial charge in [0.15, 0.2) is 0 Å². The molecule has 0 saturated heterocycles. The molecule has 2 aromatic carbocycles. The zero-order chi connectivity index (χ0) is 19.5. The highest BCUT2D eigenvalue weighted by molar-refractivity contribution is 7.92. The minimum atomic E-state index is -3.79. The van der Waals surface area contributed by atoms with Crippen molar-refractivity contribution >= 4 is 21.6 Å². The molecule has 2 N–H and O–H groups in total. The molecule has 2 aromatic rings.